The van der Waals surface area contributed by atoms with E-state index in [0.717, 1.165) is 18.6 Å². The molecule has 6 heteroatoms. The maximum absolute atomic E-state index is 12.3. The molecule has 1 aliphatic heterocycles. The van der Waals surface area contributed by atoms with Crippen molar-refractivity contribution >= 4 is 12.0 Å². The van der Waals surface area contributed by atoms with E-state index < -0.39 is 12.1 Å². The van der Waals surface area contributed by atoms with Crippen LogP contribution in [0.15, 0.2) is 24.3 Å². The van der Waals surface area contributed by atoms with Crippen molar-refractivity contribution in [2.45, 2.75) is 38.8 Å². The Bertz CT molecular complexity index is 536. The van der Waals surface area contributed by atoms with Gasteiger partial charge >= 0.3 is 6.09 Å². The molecule has 0 spiro atoms. The van der Waals surface area contributed by atoms with Crippen molar-refractivity contribution in [2.75, 3.05) is 20.2 Å². The molecule has 0 bridgehead atoms. The second-order valence-electron chi connectivity index (χ2n) is 5.81. The van der Waals surface area contributed by atoms with E-state index in [2.05, 4.69) is 10.1 Å². The van der Waals surface area contributed by atoms with Gasteiger partial charge in [0.2, 0.25) is 5.91 Å². The molecule has 1 heterocycles. The Labute approximate surface area is 136 Å². The van der Waals surface area contributed by atoms with E-state index in [0.29, 0.717) is 13.1 Å². The fraction of sp³-hybridized carbons (Fsp3) is 0.529. The van der Waals surface area contributed by atoms with Gasteiger partial charge in [-0.25, -0.2) is 4.79 Å². The number of nitrogens with one attached hydrogen (secondary N) is 1. The molecule has 23 heavy (non-hydrogen) atoms. The molecule has 1 aromatic carbocycles. The molecule has 1 aromatic rings. The Morgan fingerprint density at radius 1 is 1.22 bits per heavy atom. The molecule has 0 radical (unpaired) electrons. The van der Waals surface area contributed by atoms with E-state index in [4.69, 9.17) is 4.74 Å². The average molecular weight is 320 g/mol. The highest BCUT2D eigenvalue weighted by Crippen LogP contribution is 2.19. The van der Waals surface area contributed by atoms with E-state index >= 15 is 0 Å². The van der Waals surface area contributed by atoms with E-state index in [1.165, 1.54) is 12.7 Å². The van der Waals surface area contributed by atoms with Crippen molar-refractivity contribution < 1.29 is 19.1 Å². The number of piperidine rings is 1. The largest absolute Gasteiger partial charge is 0.490 e. The standard InChI is InChI=1S/C17H24N2O4/c1-12-4-6-14(7-5-12)23-15-8-10-19(11-9-15)16(20)13(2)18-17(21)22-3/h4-7,13,15H,8-11H2,1-3H3,(H,18,21)/t13-/m1/s1. The molecule has 1 fully saturated rings. The Balaban J connectivity index is 1.80. The summed E-state index contributed by atoms with van der Waals surface area (Å²) in [6, 6.07) is 7.39. The van der Waals surface area contributed by atoms with Gasteiger partial charge in [0.25, 0.3) is 0 Å². The number of methoxy groups -OCH3 is 1. The van der Waals surface area contributed by atoms with Gasteiger partial charge < -0.3 is 19.7 Å². The number of hydrogen-bond acceptors (Lipinski definition) is 4. The summed E-state index contributed by atoms with van der Waals surface area (Å²) in [7, 11) is 1.28. The SMILES string of the molecule is COC(=O)N[C@H](C)C(=O)N1CCC(Oc2ccc(C)cc2)CC1. The second kappa shape index (κ2) is 7.85. The first-order valence-corrected chi connectivity index (χ1v) is 7.86. The monoisotopic (exact) mass is 320 g/mol. The van der Waals surface area contributed by atoms with Crippen LogP contribution in [0.4, 0.5) is 4.79 Å². The first-order chi connectivity index (χ1) is 11.0. The summed E-state index contributed by atoms with van der Waals surface area (Å²) in [4.78, 5) is 25.2. The zero-order valence-corrected chi connectivity index (χ0v) is 13.9. The molecule has 2 rings (SSSR count). The lowest BCUT2D eigenvalue weighted by molar-refractivity contribution is -0.134. The second-order valence-corrected chi connectivity index (χ2v) is 5.81. The molecule has 6 nitrogen and oxygen atoms in total. The van der Waals surface area contributed by atoms with Gasteiger partial charge in [0.1, 0.15) is 17.9 Å². The molecular weight excluding hydrogens is 296 g/mol. The third kappa shape index (κ3) is 4.87. The number of rotatable bonds is 4. The third-order valence-corrected chi connectivity index (χ3v) is 3.97. The molecule has 1 saturated heterocycles. The van der Waals surface area contributed by atoms with Gasteiger partial charge in [-0.05, 0) is 26.0 Å². The third-order valence-electron chi connectivity index (χ3n) is 3.97. The van der Waals surface area contributed by atoms with Crippen LogP contribution in [0.1, 0.15) is 25.3 Å². The van der Waals surface area contributed by atoms with Crippen LogP contribution >= 0.6 is 0 Å². The van der Waals surface area contributed by atoms with Crippen molar-refractivity contribution in [3.63, 3.8) is 0 Å². The summed E-state index contributed by atoms with van der Waals surface area (Å²) in [5.74, 6) is 0.769. The summed E-state index contributed by atoms with van der Waals surface area (Å²) in [5, 5.41) is 2.50. The van der Waals surface area contributed by atoms with Gasteiger partial charge in [0.05, 0.1) is 7.11 Å². The van der Waals surface area contributed by atoms with Gasteiger partial charge in [-0.3, -0.25) is 4.79 Å². The summed E-state index contributed by atoms with van der Waals surface area (Å²) in [6.45, 7) is 4.96. The average Bonchev–Trinajstić information content (AvgIpc) is 2.56. The Kier molecular flexibility index (Phi) is 5.84. The lowest BCUT2D eigenvalue weighted by Crippen LogP contribution is -2.50. The predicted octanol–water partition coefficient (Wildman–Crippen LogP) is 2.11. The summed E-state index contributed by atoms with van der Waals surface area (Å²) in [5.41, 5.74) is 1.20. The highest BCUT2D eigenvalue weighted by Gasteiger charge is 2.27. The number of carbonyl (C=O) groups is 2. The number of likely N-dealkylation sites (tertiary alicyclic amines) is 1. The normalized spacial score (nSPS) is 16.6. The number of amides is 2. The van der Waals surface area contributed by atoms with Gasteiger partial charge in [0, 0.05) is 25.9 Å². The van der Waals surface area contributed by atoms with Crippen LogP contribution in [0.3, 0.4) is 0 Å². The Hall–Kier alpha value is -2.24. The number of carbonyl (C=O) groups excluding carboxylic acids is 2. The smallest absolute Gasteiger partial charge is 0.407 e. The van der Waals surface area contributed by atoms with Crippen molar-refractivity contribution in [3.05, 3.63) is 29.8 Å². The maximum atomic E-state index is 12.3. The van der Waals surface area contributed by atoms with Gasteiger partial charge in [-0.15, -0.1) is 0 Å². The molecule has 2 amide bonds. The van der Waals surface area contributed by atoms with E-state index in [1.54, 1.807) is 11.8 Å². The minimum Gasteiger partial charge on any atom is -0.490 e. The van der Waals surface area contributed by atoms with E-state index in [9.17, 15) is 9.59 Å². The van der Waals surface area contributed by atoms with Crippen molar-refractivity contribution in [1.29, 1.82) is 0 Å². The molecule has 0 aromatic heterocycles. The van der Waals surface area contributed by atoms with E-state index in [1.807, 2.05) is 31.2 Å². The number of alkyl carbamates (subject to hydrolysis) is 1. The van der Waals surface area contributed by atoms with Gasteiger partial charge in [0.15, 0.2) is 0 Å². The molecule has 126 valence electrons. The van der Waals surface area contributed by atoms with Crippen LogP contribution in [0, 0.1) is 6.92 Å². The number of ether oxygens (including phenoxy) is 2. The molecule has 0 aliphatic carbocycles. The molecule has 1 N–H and O–H groups in total. The Morgan fingerprint density at radius 2 is 1.83 bits per heavy atom. The number of hydrogen-bond donors (Lipinski definition) is 1. The van der Waals surface area contributed by atoms with Crippen molar-refractivity contribution in [1.82, 2.24) is 10.2 Å². The summed E-state index contributed by atoms with van der Waals surface area (Å²) >= 11 is 0. The van der Waals surface area contributed by atoms with Crippen LogP contribution in [-0.4, -0.2) is 49.2 Å². The zero-order valence-electron chi connectivity index (χ0n) is 13.9. The summed E-state index contributed by atoms with van der Waals surface area (Å²) in [6.07, 6.45) is 1.09. The van der Waals surface area contributed by atoms with Crippen LogP contribution in [0.2, 0.25) is 0 Å². The van der Waals surface area contributed by atoms with Crippen LogP contribution in [-0.2, 0) is 9.53 Å². The van der Waals surface area contributed by atoms with Crippen LogP contribution < -0.4 is 10.1 Å². The molecular formula is C17H24N2O4. The highest BCUT2D eigenvalue weighted by atomic mass is 16.5. The van der Waals surface area contributed by atoms with Gasteiger partial charge in [-0.2, -0.15) is 0 Å². The van der Waals surface area contributed by atoms with Crippen LogP contribution in [0.25, 0.3) is 0 Å². The minimum absolute atomic E-state index is 0.0933. The van der Waals surface area contributed by atoms with Crippen molar-refractivity contribution in [2.24, 2.45) is 0 Å². The molecule has 1 atom stereocenters. The van der Waals surface area contributed by atoms with Crippen LogP contribution in [0.5, 0.6) is 5.75 Å². The zero-order chi connectivity index (χ0) is 16.8. The maximum Gasteiger partial charge on any atom is 0.407 e. The first kappa shape index (κ1) is 17.1. The van der Waals surface area contributed by atoms with E-state index in [-0.39, 0.29) is 12.0 Å². The van der Waals surface area contributed by atoms with Gasteiger partial charge in [-0.1, -0.05) is 17.7 Å². The fourth-order valence-electron chi connectivity index (χ4n) is 2.57. The topological polar surface area (TPSA) is 67.9 Å². The fourth-order valence-corrected chi connectivity index (χ4v) is 2.57. The lowest BCUT2D eigenvalue weighted by atomic mass is 10.1. The minimum atomic E-state index is -0.594. The quantitative estimate of drug-likeness (QED) is 0.922. The highest BCUT2D eigenvalue weighted by molar-refractivity contribution is 5.85. The Morgan fingerprint density at radius 3 is 2.39 bits per heavy atom. The number of nitrogens with zero attached hydrogens (tertiary/aromatic N) is 1. The number of aryl methyl sites for hydroxylation is 1. The molecule has 1 aliphatic rings. The van der Waals surface area contributed by atoms with Crippen molar-refractivity contribution in [3.8, 4) is 5.75 Å². The summed E-state index contributed by atoms with van der Waals surface area (Å²) < 4.78 is 10.5. The first-order valence-electron chi connectivity index (χ1n) is 7.86. The molecule has 0 saturated carbocycles. The molecule has 0 unspecified atom stereocenters. The predicted molar refractivity (Wildman–Crippen MR) is 86.4 cm³/mol. The number of benzene rings is 1. The lowest BCUT2D eigenvalue weighted by Gasteiger charge is -2.33.